The number of rotatable bonds is 3. The maximum atomic E-state index is 12.2. The van der Waals surface area contributed by atoms with Gasteiger partial charge in [-0.1, -0.05) is 12.1 Å². The molecule has 0 fully saturated rings. The van der Waals surface area contributed by atoms with Crippen molar-refractivity contribution in [3.05, 3.63) is 29.3 Å². The lowest BCUT2D eigenvalue weighted by Gasteiger charge is -2.32. The number of carbonyl (C=O) groups is 1. The maximum Gasteiger partial charge on any atom is 0.410 e. The van der Waals surface area contributed by atoms with Crippen molar-refractivity contribution in [3.8, 4) is 0 Å². The Bertz CT molecular complexity index is 537. The number of benzene rings is 1. The second-order valence-electron chi connectivity index (χ2n) is 6.88. The Hall–Kier alpha value is -1.75. The zero-order valence-electron chi connectivity index (χ0n) is 14.0. The van der Waals surface area contributed by atoms with Crippen molar-refractivity contribution in [2.75, 3.05) is 18.4 Å². The summed E-state index contributed by atoms with van der Waals surface area (Å²) in [6, 6.07) is 6.40. The Morgan fingerprint density at radius 2 is 2.18 bits per heavy atom. The first-order chi connectivity index (χ1) is 10.3. The van der Waals surface area contributed by atoms with Crippen molar-refractivity contribution in [3.63, 3.8) is 0 Å². The van der Waals surface area contributed by atoms with Gasteiger partial charge in [0.2, 0.25) is 0 Å². The highest BCUT2D eigenvalue weighted by molar-refractivity contribution is 5.69. The van der Waals surface area contributed by atoms with Gasteiger partial charge in [0, 0.05) is 31.4 Å². The average molecular weight is 305 g/mol. The fourth-order valence-electron chi connectivity index (χ4n) is 2.55. The molecule has 0 saturated carbocycles. The van der Waals surface area contributed by atoms with Gasteiger partial charge in [0.15, 0.2) is 0 Å². The topological polar surface area (TPSA) is 67.6 Å². The minimum absolute atomic E-state index is 0.232. The van der Waals surface area contributed by atoms with E-state index in [0.29, 0.717) is 19.6 Å². The average Bonchev–Trinajstić information content (AvgIpc) is 2.45. The van der Waals surface area contributed by atoms with Gasteiger partial charge < -0.3 is 20.7 Å². The smallest absolute Gasteiger partial charge is 0.410 e. The highest BCUT2D eigenvalue weighted by Gasteiger charge is 2.26. The molecule has 1 aromatic rings. The van der Waals surface area contributed by atoms with E-state index in [1.807, 2.05) is 26.8 Å². The van der Waals surface area contributed by atoms with Gasteiger partial charge in [0.05, 0.1) is 0 Å². The van der Waals surface area contributed by atoms with Gasteiger partial charge >= 0.3 is 6.09 Å². The van der Waals surface area contributed by atoms with Crippen molar-refractivity contribution in [1.82, 2.24) is 4.90 Å². The molecule has 1 aromatic carbocycles. The summed E-state index contributed by atoms with van der Waals surface area (Å²) in [6.07, 6.45) is 0.585. The SMILES string of the molecule is CC(CN)Nc1cccc2c1CCN(C(=O)OC(C)(C)C)C2. The fourth-order valence-corrected chi connectivity index (χ4v) is 2.55. The first-order valence-corrected chi connectivity index (χ1v) is 7.85. The predicted molar refractivity (Wildman–Crippen MR) is 88.9 cm³/mol. The summed E-state index contributed by atoms with van der Waals surface area (Å²) in [7, 11) is 0. The molecule has 5 nitrogen and oxygen atoms in total. The van der Waals surface area contributed by atoms with Gasteiger partial charge in [0.1, 0.15) is 5.60 Å². The molecule has 0 aliphatic carbocycles. The van der Waals surface area contributed by atoms with Gasteiger partial charge in [-0.25, -0.2) is 4.79 Å². The Labute approximate surface area is 132 Å². The summed E-state index contributed by atoms with van der Waals surface area (Å²) in [5.41, 5.74) is 8.80. The highest BCUT2D eigenvalue weighted by atomic mass is 16.6. The van der Waals surface area contributed by atoms with E-state index in [1.165, 1.54) is 11.1 Å². The van der Waals surface area contributed by atoms with Crippen LogP contribution in [0.2, 0.25) is 0 Å². The third-order valence-electron chi connectivity index (χ3n) is 3.67. The molecule has 1 aliphatic heterocycles. The lowest BCUT2D eigenvalue weighted by atomic mass is 9.97. The van der Waals surface area contributed by atoms with Crippen LogP contribution in [0.15, 0.2) is 18.2 Å². The predicted octanol–water partition coefficient (Wildman–Crippen LogP) is 2.74. The number of amides is 1. The quantitative estimate of drug-likeness (QED) is 0.901. The monoisotopic (exact) mass is 305 g/mol. The standard InChI is InChI=1S/C17H27N3O2/c1-12(10-18)19-15-7-5-6-13-11-20(9-8-14(13)15)16(21)22-17(2,3)4/h5-7,12,19H,8-11,18H2,1-4H3. The molecule has 22 heavy (non-hydrogen) atoms. The molecule has 0 aromatic heterocycles. The number of nitrogens with one attached hydrogen (secondary N) is 1. The summed E-state index contributed by atoms with van der Waals surface area (Å²) in [6.45, 7) is 9.59. The molecule has 0 radical (unpaired) electrons. The van der Waals surface area contributed by atoms with Crippen LogP contribution in [0.5, 0.6) is 0 Å². The van der Waals surface area contributed by atoms with Crippen molar-refractivity contribution >= 4 is 11.8 Å². The minimum atomic E-state index is -0.461. The van der Waals surface area contributed by atoms with Crippen LogP contribution in [-0.2, 0) is 17.7 Å². The molecule has 3 N–H and O–H groups in total. The molecule has 0 spiro atoms. The summed E-state index contributed by atoms with van der Waals surface area (Å²) >= 11 is 0. The molecular formula is C17H27N3O2. The molecule has 0 saturated heterocycles. The van der Waals surface area contributed by atoms with Crippen molar-refractivity contribution in [2.45, 2.75) is 52.3 Å². The summed E-state index contributed by atoms with van der Waals surface area (Å²) in [5, 5.41) is 3.44. The van der Waals surface area contributed by atoms with Crippen LogP contribution in [0.1, 0.15) is 38.8 Å². The van der Waals surface area contributed by atoms with E-state index < -0.39 is 5.60 Å². The van der Waals surface area contributed by atoms with Gasteiger partial charge in [-0.05, 0) is 51.3 Å². The number of hydrogen-bond acceptors (Lipinski definition) is 4. The zero-order valence-corrected chi connectivity index (χ0v) is 14.0. The third kappa shape index (κ3) is 4.13. The zero-order chi connectivity index (χ0) is 16.3. The van der Waals surface area contributed by atoms with Gasteiger partial charge in [0.25, 0.3) is 0 Å². The molecule has 2 rings (SSSR count). The first-order valence-electron chi connectivity index (χ1n) is 7.85. The van der Waals surface area contributed by atoms with Crippen molar-refractivity contribution in [1.29, 1.82) is 0 Å². The van der Waals surface area contributed by atoms with Crippen LogP contribution >= 0.6 is 0 Å². The van der Waals surface area contributed by atoms with E-state index in [4.69, 9.17) is 10.5 Å². The lowest BCUT2D eigenvalue weighted by Crippen LogP contribution is -2.40. The molecule has 1 atom stereocenters. The largest absolute Gasteiger partial charge is 0.444 e. The van der Waals surface area contributed by atoms with E-state index >= 15 is 0 Å². The number of nitrogens with two attached hydrogens (primary N) is 1. The number of ether oxygens (including phenoxy) is 1. The molecule has 5 heteroatoms. The van der Waals surface area contributed by atoms with E-state index in [9.17, 15) is 4.79 Å². The minimum Gasteiger partial charge on any atom is -0.444 e. The molecule has 1 unspecified atom stereocenters. The number of nitrogens with zero attached hydrogens (tertiary/aromatic N) is 1. The molecule has 1 amide bonds. The van der Waals surface area contributed by atoms with Crippen LogP contribution < -0.4 is 11.1 Å². The molecule has 1 aliphatic rings. The number of anilines is 1. The number of hydrogen-bond donors (Lipinski definition) is 2. The summed E-state index contributed by atoms with van der Waals surface area (Å²) < 4.78 is 5.46. The van der Waals surface area contributed by atoms with Crippen LogP contribution in [0.4, 0.5) is 10.5 Å². The number of fused-ring (bicyclic) bond motifs is 1. The highest BCUT2D eigenvalue weighted by Crippen LogP contribution is 2.27. The normalized spacial score (nSPS) is 16.0. The lowest BCUT2D eigenvalue weighted by molar-refractivity contribution is 0.0224. The first kappa shape index (κ1) is 16.6. The Morgan fingerprint density at radius 3 is 2.82 bits per heavy atom. The Morgan fingerprint density at radius 1 is 1.45 bits per heavy atom. The van der Waals surface area contributed by atoms with E-state index in [-0.39, 0.29) is 12.1 Å². The van der Waals surface area contributed by atoms with Crippen molar-refractivity contribution in [2.24, 2.45) is 5.73 Å². The fraction of sp³-hybridized carbons (Fsp3) is 0.588. The van der Waals surface area contributed by atoms with E-state index in [2.05, 4.69) is 24.4 Å². The summed E-state index contributed by atoms with van der Waals surface area (Å²) in [4.78, 5) is 14.0. The maximum absolute atomic E-state index is 12.2. The summed E-state index contributed by atoms with van der Waals surface area (Å²) in [5.74, 6) is 0. The number of carbonyl (C=O) groups excluding carboxylic acids is 1. The van der Waals surface area contributed by atoms with Gasteiger partial charge in [-0.2, -0.15) is 0 Å². The van der Waals surface area contributed by atoms with Crippen LogP contribution in [0.25, 0.3) is 0 Å². The molecule has 0 bridgehead atoms. The third-order valence-corrected chi connectivity index (χ3v) is 3.67. The van der Waals surface area contributed by atoms with Gasteiger partial charge in [-0.3, -0.25) is 0 Å². The molecule has 1 heterocycles. The van der Waals surface area contributed by atoms with E-state index in [1.54, 1.807) is 4.90 Å². The van der Waals surface area contributed by atoms with Gasteiger partial charge in [-0.15, -0.1) is 0 Å². The second kappa shape index (κ2) is 6.57. The van der Waals surface area contributed by atoms with Crippen molar-refractivity contribution < 1.29 is 9.53 Å². The van der Waals surface area contributed by atoms with Crippen LogP contribution in [-0.4, -0.2) is 35.7 Å². The van der Waals surface area contributed by atoms with E-state index in [0.717, 1.165) is 12.1 Å². The molecule has 122 valence electrons. The van der Waals surface area contributed by atoms with Crippen LogP contribution in [0.3, 0.4) is 0 Å². The second-order valence-corrected chi connectivity index (χ2v) is 6.88. The molecular weight excluding hydrogens is 278 g/mol. The van der Waals surface area contributed by atoms with Crippen LogP contribution in [0, 0.1) is 0 Å². The Balaban J connectivity index is 2.11. The Kier molecular flexibility index (Phi) is 4.96.